The number of aryl methyl sites for hydroxylation is 3. The number of sulfonamides is 1. The number of anilines is 1. The summed E-state index contributed by atoms with van der Waals surface area (Å²) in [7, 11) is -2.54. The second-order valence-electron chi connectivity index (χ2n) is 9.14. The molecular formula is C24H31N7O5S3. The molecule has 3 aromatic heterocycles. The number of rotatable bonds is 8. The number of piperazine rings is 1. The third-order valence-corrected chi connectivity index (χ3v) is 10.7. The Bertz CT molecular complexity index is 1460. The van der Waals surface area contributed by atoms with Crippen LogP contribution in [0.2, 0.25) is 0 Å². The fourth-order valence-electron chi connectivity index (χ4n) is 4.27. The van der Waals surface area contributed by atoms with Gasteiger partial charge in [-0.15, -0.1) is 11.3 Å². The van der Waals surface area contributed by atoms with E-state index in [4.69, 9.17) is 0 Å². The second-order valence-corrected chi connectivity index (χ2v) is 13.5. The Morgan fingerprint density at radius 1 is 1.05 bits per heavy atom. The van der Waals surface area contributed by atoms with Crippen LogP contribution in [-0.4, -0.2) is 90.5 Å². The SMILES string of the molecule is COC(=O)Nc1nc(C)c(S(=O)(=O)N2CCN(CC(C)NC(=O)c3cccc(-c4sc(C)nc4C)n3)CC2)s1. The number of ether oxygens (including phenoxy) is 1. The first-order valence-corrected chi connectivity index (χ1v) is 15.3. The molecule has 15 heteroatoms. The number of amides is 2. The van der Waals surface area contributed by atoms with Crippen molar-refractivity contribution in [3.63, 3.8) is 0 Å². The van der Waals surface area contributed by atoms with Crippen LogP contribution in [0.15, 0.2) is 22.4 Å². The van der Waals surface area contributed by atoms with E-state index in [1.54, 1.807) is 24.3 Å². The number of hydrogen-bond donors (Lipinski definition) is 2. The molecular weight excluding hydrogens is 563 g/mol. The maximum Gasteiger partial charge on any atom is 0.413 e. The van der Waals surface area contributed by atoms with Gasteiger partial charge in [-0.25, -0.2) is 28.2 Å². The Morgan fingerprint density at radius 3 is 2.41 bits per heavy atom. The molecule has 0 aromatic carbocycles. The zero-order valence-electron chi connectivity index (χ0n) is 22.3. The minimum Gasteiger partial charge on any atom is -0.453 e. The van der Waals surface area contributed by atoms with Gasteiger partial charge < -0.3 is 10.1 Å². The monoisotopic (exact) mass is 593 g/mol. The van der Waals surface area contributed by atoms with E-state index in [1.165, 1.54) is 11.4 Å². The van der Waals surface area contributed by atoms with Crippen molar-refractivity contribution in [3.05, 3.63) is 40.3 Å². The largest absolute Gasteiger partial charge is 0.453 e. The zero-order valence-corrected chi connectivity index (χ0v) is 24.8. The summed E-state index contributed by atoms with van der Waals surface area (Å²) in [6.07, 6.45) is -0.712. The van der Waals surface area contributed by atoms with E-state index in [0.29, 0.717) is 44.1 Å². The van der Waals surface area contributed by atoms with Gasteiger partial charge in [-0.05, 0) is 39.8 Å². The van der Waals surface area contributed by atoms with Crippen molar-refractivity contribution in [2.24, 2.45) is 0 Å². The van der Waals surface area contributed by atoms with Gasteiger partial charge in [0.05, 0.1) is 34.1 Å². The van der Waals surface area contributed by atoms with Gasteiger partial charge in [-0.3, -0.25) is 15.0 Å². The zero-order chi connectivity index (χ0) is 28.3. The van der Waals surface area contributed by atoms with Crippen molar-refractivity contribution >= 4 is 49.8 Å². The lowest BCUT2D eigenvalue weighted by molar-refractivity contribution is 0.0917. The smallest absolute Gasteiger partial charge is 0.413 e. The van der Waals surface area contributed by atoms with Crippen molar-refractivity contribution in [1.29, 1.82) is 0 Å². The summed E-state index contributed by atoms with van der Waals surface area (Å²) in [6.45, 7) is 9.58. The number of pyridine rings is 1. The predicted octanol–water partition coefficient (Wildman–Crippen LogP) is 2.89. The Labute approximate surface area is 235 Å². The van der Waals surface area contributed by atoms with Crippen molar-refractivity contribution < 1.29 is 22.7 Å². The van der Waals surface area contributed by atoms with Crippen LogP contribution in [0.25, 0.3) is 10.6 Å². The normalized spacial score (nSPS) is 15.6. The number of hydrogen-bond acceptors (Lipinski definition) is 11. The van der Waals surface area contributed by atoms with Gasteiger partial charge in [-0.2, -0.15) is 4.31 Å². The minimum absolute atomic E-state index is 0.0985. The fraction of sp³-hybridized carbons (Fsp3) is 0.458. The molecule has 2 amide bonds. The fourth-order valence-corrected chi connectivity index (χ4v) is 8.12. The molecule has 1 unspecified atom stereocenters. The van der Waals surface area contributed by atoms with Crippen molar-refractivity contribution in [2.45, 2.75) is 37.9 Å². The number of thiazole rings is 2. The minimum atomic E-state index is -3.76. The Hall–Kier alpha value is -2.98. The molecule has 0 aliphatic carbocycles. The number of carbonyl (C=O) groups excluding carboxylic acids is 2. The van der Waals surface area contributed by atoms with E-state index in [-0.39, 0.29) is 21.3 Å². The average molecular weight is 594 g/mol. The summed E-state index contributed by atoms with van der Waals surface area (Å²) in [5, 5.41) is 6.53. The molecule has 1 fully saturated rings. The number of aromatic nitrogens is 3. The molecule has 0 bridgehead atoms. The third kappa shape index (κ3) is 6.78. The highest BCUT2D eigenvalue weighted by Crippen LogP contribution is 2.31. The van der Waals surface area contributed by atoms with Crippen LogP contribution < -0.4 is 10.6 Å². The molecule has 2 N–H and O–H groups in total. The molecule has 1 saturated heterocycles. The van der Waals surface area contributed by atoms with Crippen LogP contribution in [0.3, 0.4) is 0 Å². The van der Waals surface area contributed by atoms with E-state index in [2.05, 4.69) is 35.2 Å². The van der Waals surface area contributed by atoms with Gasteiger partial charge in [0.1, 0.15) is 5.69 Å². The molecule has 0 saturated carbocycles. The molecule has 1 aliphatic rings. The first-order chi connectivity index (χ1) is 18.5. The lowest BCUT2D eigenvalue weighted by Gasteiger charge is -2.35. The van der Waals surface area contributed by atoms with Gasteiger partial charge >= 0.3 is 6.09 Å². The molecule has 3 aromatic rings. The molecule has 0 spiro atoms. The quantitative estimate of drug-likeness (QED) is 0.402. The summed E-state index contributed by atoms with van der Waals surface area (Å²) in [6, 6.07) is 5.20. The molecule has 210 valence electrons. The lowest BCUT2D eigenvalue weighted by Crippen LogP contribution is -2.52. The molecule has 0 radical (unpaired) electrons. The van der Waals surface area contributed by atoms with Crippen LogP contribution in [0, 0.1) is 20.8 Å². The molecule has 39 heavy (non-hydrogen) atoms. The van der Waals surface area contributed by atoms with E-state index in [0.717, 1.165) is 32.6 Å². The van der Waals surface area contributed by atoms with E-state index < -0.39 is 16.1 Å². The number of carbonyl (C=O) groups is 2. The first kappa shape index (κ1) is 29.0. The molecule has 1 atom stereocenters. The molecule has 4 heterocycles. The van der Waals surface area contributed by atoms with Crippen molar-refractivity contribution in [1.82, 2.24) is 29.5 Å². The second kappa shape index (κ2) is 12.0. The Kier molecular flexibility index (Phi) is 8.96. The van der Waals surface area contributed by atoms with Crippen molar-refractivity contribution in [2.75, 3.05) is 45.2 Å². The maximum absolute atomic E-state index is 13.2. The summed E-state index contributed by atoms with van der Waals surface area (Å²) in [5.41, 5.74) is 2.27. The molecule has 12 nitrogen and oxygen atoms in total. The highest BCUT2D eigenvalue weighted by Gasteiger charge is 2.32. The van der Waals surface area contributed by atoms with E-state index in [9.17, 15) is 18.0 Å². The molecule has 4 rings (SSSR count). The van der Waals surface area contributed by atoms with Crippen LogP contribution >= 0.6 is 22.7 Å². The van der Waals surface area contributed by atoms with E-state index >= 15 is 0 Å². The van der Waals surface area contributed by atoms with Gasteiger partial charge in [0.15, 0.2) is 9.34 Å². The molecule has 1 aliphatic heterocycles. The summed E-state index contributed by atoms with van der Waals surface area (Å²) in [4.78, 5) is 40.5. The maximum atomic E-state index is 13.2. The van der Waals surface area contributed by atoms with Crippen LogP contribution in [-0.2, 0) is 14.8 Å². The van der Waals surface area contributed by atoms with Crippen molar-refractivity contribution in [3.8, 4) is 10.6 Å². The van der Waals surface area contributed by atoms with Gasteiger partial charge in [0.25, 0.3) is 15.9 Å². The van der Waals surface area contributed by atoms with Gasteiger partial charge in [-0.1, -0.05) is 17.4 Å². The Balaban J connectivity index is 1.32. The predicted molar refractivity (Wildman–Crippen MR) is 150 cm³/mol. The number of nitrogens with zero attached hydrogens (tertiary/aromatic N) is 5. The van der Waals surface area contributed by atoms with Gasteiger partial charge in [0, 0.05) is 38.8 Å². The lowest BCUT2D eigenvalue weighted by atomic mass is 10.2. The van der Waals surface area contributed by atoms with E-state index in [1.807, 2.05) is 32.9 Å². The Morgan fingerprint density at radius 2 is 1.77 bits per heavy atom. The van der Waals surface area contributed by atoms with Gasteiger partial charge in [0.2, 0.25) is 0 Å². The average Bonchev–Trinajstić information content (AvgIpc) is 3.44. The highest BCUT2D eigenvalue weighted by molar-refractivity contribution is 7.91. The summed E-state index contributed by atoms with van der Waals surface area (Å²) >= 11 is 2.45. The third-order valence-electron chi connectivity index (χ3n) is 6.08. The summed E-state index contributed by atoms with van der Waals surface area (Å²) in [5.74, 6) is -0.263. The summed E-state index contributed by atoms with van der Waals surface area (Å²) < 4.78 is 32.5. The van der Waals surface area contributed by atoms with Crippen LogP contribution in [0.4, 0.5) is 9.93 Å². The van der Waals surface area contributed by atoms with Crippen LogP contribution in [0.5, 0.6) is 0 Å². The van der Waals surface area contributed by atoms with Crippen LogP contribution in [0.1, 0.15) is 33.8 Å². The highest BCUT2D eigenvalue weighted by atomic mass is 32.2. The standard InChI is InChI=1S/C24H31N7O5S3/c1-14(25-21(32)19-8-6-7-18(28-19)20-15(2)26-17(4)37-20)13-30-9-11-31(12-10-30)39(34,35)22-16(3)27-23(38-22)29-24(33)36-5/h6-8,14H,9-13H2,1-5H3,(H,25,32)(H,27,29,33). The first-order valence-electron chi connectivity index (χ1n) is 12.2. The number of nitrogens with one attached hydrogen (secondary N) is 2. The topological polar surface area (TPSA) is 147 Å². The number of methoxy groups -OCH3 is 1.